The number of nitrogens with zero attached hydrogens (tertiary/aromatic N) is 1. The van der Waals surface area contributed by atoms with Gasteiger partial charge in [-0.15, -0.1) is 0 Å². The summed E-state index contributed by atoms with van der Waals surface area (Å²) >= 11 is 0. The molecular weight excluding hydrogens is 248 g/mol. The van der Waals surface area contributed by atoms with Crippen LogP contribution in [0, 0.1) is 11.3 Å². The quantitative estimate of drug-likeness (QED) is 0.894. The Balaban J connectivity index is 1.93. The lowest BCUT2D eigenvalue weighted by atomic mass is 9.76. The van der Waals surface area contributed by atoms with Crippen LogP contribution >= 0.6 is 0 Å². The third-order valence-electron chi connectivity index (χ3n) is 3.86. The summed E-state index contributed by atoms with van der Waals surface area (Å²) in [5, 5.41) is 3.01. The second-order valence-electron chi connectivity index (χ2n) is 5.75. The lowest BCUT2D eigenvalue weighted by Gasteiger charge is -2.32. The molecule has 0 bridgehead atoms. The zero-order valence-corrected chi connectivity index (χ0v) is 12.3. The van der Waals surface area contributed by atoms with Crippen LogP contribution in [-0.2, 0) is 0 Å². The summed E-state index contributed by atoms with van der Waals surface area (Å²) < 4.78 is 0. The van der Waals surface area contributed by atoms with Gasteiger partial charge < -0.3 is 5.32 Å². The fourth-order valence-corrected chi connectivity index (χ4v) is 2.29. The molecule has 0 spiro atoms. The van der Waals surface area contributed by atoms with E-state index in [9.17, 15) is 4.79 Å². The Bertz CT molecular complexity index is 517. The molecule has 1 unspecified atom stereocenters. The van der Waals surface area contributed by atoms with Crippen LogP contribution < -0.4 is 10.2 Å². The lowest BCUT2D eigenvalue weighted by Crippen LogP contribution is -2.42. The fraction of sp³-hybridized carbons (Fsp3) is 0.353. The van der Waals surface area contributed by atoms with Crippen LogP contribution in [0.15, 0.2) is 54.6 Å². The number of para-hydroxylation sites is 1. The monoisotopic (exact) mass is 270 g/mol. The van der Waals surface area contributed by atoms with Gasteiger partial charge in [-0.2, -0.15) is 0 Å². The highest BCUT2D eigenvalue weighted by Gasteiger charge is 2.26. The van der Waals surface area contributed by atoms with E-state index in [0.29, 0.717) is 12.5 Å². The predicted molar refractivity (Wildman–Crippen MR) is 83.8 cm³/mol. The lowest BCUT2D eigenvalue weighted by molar-refractivity contribution is 0.242. The van der Waals surface area contributed by atoms with Crippen LogP contribution in [0.25, 0.3) is 0 Å². The van der Waals surface area contributed by atoms with E-state index in [1.807, 2.05) is 36.4 Å². The molecule has 0 heterocycles. The van der Waals surface area contributed by atoms with Gasteiger partial charge in [0.05, 0.1) is 0 Å². The molecule has 0 radical (unpaired) electrons. The number of urea groups is 1. The van der Waals surface area contributed by atoms with Crippen molar-refractivity contribution >= 4 is 11.7 Å². The van der Waals surface area contributed by atoms with Crippen molar-refractivity contribution in [1.82, 2.24) is 5.32 Å². The van der Waals surface area contributed by atoms with Crippen LogP contribution in [0.5, 0.6) is 0 Å². The third kappa shape index (κ3) is 3.29. The summed E-state index contributed by atoms with van der Waals surface area (Å²) in [5.41, 5.74) is 0.969. The molecule has 3 heteroatoms. The molecule has 2 amide bonds. The normalized spacial score (nSPS) is 19.6. The van der Waals surface area contributed by atoms with Crippen LogP contribution in [0.3, 0.4) is 0 Å². The summed E-state index contributed by atoms with van der Waals surface area (Å²) in [4.78, 5) is 13.8. The Morgan fingerprint density at radius 2 is 1.95 bits per heavy atom. The zero-order valence-electron chi connectivity index (χ0n) is 12.3. The van der Waals surface area contributed by atoms with Crippen LogP contribution in [-0.4, -0.2) is 19.6 Å². The van der Waals surface area contributed by atoms with Crippen molar-refractivity contribution in [1.29, 1.82) is 0 Å². The number of hydrogen-bond acceptors (Lipinski definition) is 1. The largest absolute Gasteiger partial charge is 0.337 e. The summed E-state index contributed by atoms with van der Waals surface area (Å²) in [5.74, 6) is 0.320. The van der Waals surface area contributed by atoms with Gasteiger partial charge in [-0.25, -0.2) is 4.79 Å². The third-order valence-corrected chi connectivity index (χ3v) is 3.86. The summed E-state index contributed by atoms with van der Waals surface area (Å²) in [6, 6.07) is 9.57. The molecular formula is C17H22N2O. The Morgan fingerprint density at radius 3 is 2.60 bits per heavy atom. The van der Waals surface area contributed by atoms with Crippen molar-refractivity contribution in [3.8, 4) is 0 Å². The Hall–Kier alpha value is -2.03. The Kier molecular flexibility index (Phi) is 4.28. The second kappa shape index (κ2) is 5.95. The first-order valence-corrected chi connectivity index (χ1v) is 6.93. The molecule has 1 atom stereocenters. The maximum Gasteiger partial charge on any atom is 0.321 e. The molecule has 1 aliphatic carbocycles. The standard InChI is InChI=1S/C17H22N2O/c1-17(2)12-8-7-9-14(17)13-18-16(20)19(3)15-10-5-4-6-11-15/h4-12,14H,13H2,1-3H3,(H,18,20). The first kappa shape index (κ1) is 14.4. The summed E-state index contributed by atoms with van der Waals surface area (Å²) in [7, 11) is 1.78. The molecule has 1 aromatic rings. The zero-order chi connectivity index (χ0) is 14.6. The molecule has 3 nitrogen and oxygen atoms in total. The highest BCUT2D eigenvalue weighted by molar-refractivity contribution is 5.91. The Morgan fingerprint density at radius 1 is 1.25 bits per heavy atom. The van der Waals surface area contributed by atoms with Gasteiger partial charge in [-0.05, 0) is 17.5 Å². The SMILES string of the molecule is CN(C(=O)NCC1C=CC=CC1(C)C)c1ccccc1. The molecule has 0 aromatic heterocycles. The van der Waals surface area contributed by atoms with Crippen molar-refractivity contribution < 1.29 is 4.79 Å². The predicted octanol–water partition coefficient (Wildman–Crippen LogP) is 3.60. The molecule has 106 valence electrons. The van der Waals surface area contributed by atoms with Gasteiger partial charge in [0.25, 0.3) is 0 Å². The maximum atomic E-state index is 12.2. The van der Waals surface area contributed by atoms with Crippen molar-refractivity contribution in [2.75, 3.05) is 18.5 Å². The highest BCUT2D eigenvalue weighted by atomic mass is 16.2. The summed E-state index contributed by atoms with van der Waals surface area (Å²) in [6.07, 6.45) is 8.45. The molecule has 20 heavy (non-hydrogen) atoms. The molecule has 0 fully saturated rings. The van der Waals surface area contributed by atoms with Crippen molar-refractivity contribution in [3.05, 3.63) is 54.6 Å². The van der Waals surface area contributed by atoms with Crippen molar-refractivity contribution in [2.24, 2.45) is 11.3 Å². The van der Waals surface area contributed by atoms with Gasteiger partial charge in [0.1, 0.15) is 0 Å². The minimum Gasteiger partial charge on any atom is -0.337 e. The number of rotatable bonds is 3. The number of hydrogen-bond donors (Lipinski definition) is 1. The van der Waals surface area contributed by atoms with Crippen LogP contribution in [0.2, 0.25) is 0 Å². The molecule has 0 aliphatic heterocycles. The Labute approximate surface area is 121 Å². The molecule has 1 N–H and O–H groups in total. The number of benzene rings is 1. The van der Waals surface area contributed by atoms with E-state index in [0.717, 1.165) is 5.69 Å². The molecule has 0 saturated heterocycles. The highest BCUT2D eigenvalue weighted by Crippen LogP contribution is 2.31. The van der Waals surface area contributed by atoms with E-state index in [-0.39, 0.29) is 11.4 Å². The second-order valence-corrected chi connectivity index (χ2v) is 5.75. The van der Waals surface area contributed by atoms with Gasteiger partial charge in [-0.3, -0.25) is 4.90 Å². The van der Waals surface area contributed by atoms with E-state index in [2.05, 4.69) is 37.4 Å². The number of allylic oxidation sites excluding steroid dienone is 3. The summed E-state index contributed by atoms with van der Waals surface area (Å²) in [6.45, 7) is 5.01. The van der Waals surface area contributed by atoms with Gasteiger partial charge >= 0.3 is 6.03 Å². The average Bonchev–Trinajstić information content (AvgIpc) is 2.45. The average molecular weight is 270 g/mol. The number of nitrogens with one attached hydrogen (secondary N) is 1. The van der Waals surface area contributed by atoms with Gasteiger partial charge in [0, 0.05) is 25.2 Å². The van der Waals surface area contributed by atoms with Crippen molar-refractivity contribution in [3.63, 3.8) is 0 Å². The number of anilines is 1. The fourth-order valence-electron chi connectivity index (χ4n) is 2.29. The first-order chi connectivity index (χ1) is 9.50. The minimum absolute atomic E-state index is 0.0741. The van der Waals surface area contributed by atoms with E-state index < -0.39 is 0 Å². The maximum absolute atomic E-state index is 12.2. The molecule has 0 saturated carbocycles. The minimum atomic E-state index is -0.0741. The van der Waals surface area contributed by atoms with E-state index in [1.165, 1.54) is 0 Å². The van der Waals surface area contributed by atoms with Crippen LogP contribution in [0.4, 0.5) is 10.5 Å². The van der Waals surface area contributed by atoms with Crippen molar-refractivity contribution in [2.45, 2.75) is 13.8 Å². The van der Waals surface area contributed by atoms with Gasteiger partial charge in [0.15, 0.2) is 0 Å². The van der Waals surface area contributed by atoms with E-state index in [1.54, 1.807) is 11.9 Å². The van der Waals surface area contributed by atoms with Gasteiger partial charge in [-0.1, -0.05) is 56.4 Å². The number of amides is 2. The molecule has 1 aliphatic rings. The van der Waals surface area contributed by atoms with E-state index in [4.69, 9.17) is 0 Å². The topological polar surface area (TPSA) is 32.3 Å². The number of carbonyl (C=O) groups is 1. The smallest absolute Gasteiger partial charge is 0.321 e. The number of carbonyl (C=O) groups excluding carboxylic acids is 1. The van der Waals surface area contributed by atoms with Gasteiger partial charge in [0.2, 0.25) is 0 Å². The molecule has 2 rings (SSSR count). The molecule has 1 aromatic carbocycles. The van der Waals surface area contributed by atoms with Crippen LogP contribution in [0.1, 0.15) is 13.8 Å². The first-order valence-electron chi connectivity index (χ1n) is 6.93. The van der Waals surface area contributed by atoms with E-state index >= 15 is 0 Å².